The van der Waals surface area contributed by atoms with Crippen LogP contribution in [-0.2, 0) is 15.1 Å². The number of rotatable bonds is 8. The van der Waals surface area contributed by atoms with Crippen molar-refractivity contribution >= 4 is 0 Å². The van der Waals surface area contributed by atoms with E-state index in [1.54, 1.807) is 7.11 Å². The molecule has 0 amide bonds. The largest absolute Gasteiger partial charge is 0.497 e. The highest BCUT2D eigenvalue weighted by molar-refractivity contribution is 5.48. The van der Waals surface area contributed by atoms with E-state index >= 15 is 0 Å². The number of benzene rings is 3. The third-order valence-corrected chi connectivity index (χ3v) is 6.76. The summed E-state index contributed by atoms with van der Waals surface area (Å²) < 4.78 is 32.8. The maximum Gasteiger partial charge on any atom is 0.330 e. The van der Waals surface area contributed by atoms with Crippen molar-refractivity contribution in [2.45, 2.75) is 30.5 Å². The van der Waals surface area contributed by atoms with Gasteiger partial charge in [-0.2, -0.15) is 4.39 Å². The fraction of sp³-hybridized carbons (Fsp3) is 0.241. The molecule has 4 aromatic rings. The Bertz CT molecular complexity index is 1450. The predicted octanol–water partition coefficient (Wildman–Crippen LogP) is 3.34. The van der Waals surface area contributed by atoms with E-state index in [0.717, 1.165) is 27.5 Å². The van der Waals surface area contributed by atoms with E-state index in [9.17, 15) is 19.1 Å². The van der Waals surface area contributed by atoms with Gasteiger partial charge in [0.1, 0.15) is 23.7 Å². The Kier molecular flexibility index (Phi) is 7.24. The molecule has 1 aromatic heterocycles. The van der Waals surface area contributed by atoms with Crippen molar-refractivity contribution in [3.05, 3.63) is 134 Å². The minimum Gasteiger partial charge on any atom is -0.497 e. The van der Waals surface area contributed by atoms with E-state index in [-0.39, 0.29) is 13.0 Å². The van der Waals surface area contributed by atoms with Crippen molar-refractivity contribution in [1.82, 2.24) is 9.55 Å². The summed E-state index contributed by atoms with van der Waals surface area (Å²) in [6, 6.07) is 27.0. The van der Waals surface area contributed by atoms with Crippen molar-refractivity contribution in [3.8, 4) is 5.75 Å². The molecule has 2 N–H and O–H groups in total. The first-order chi connectivity index (χ1) is 18.4. The molecule has 1 aliphatic rings. The van der Waals surface area contributed by atoms with Gasteiger partial charge in [-0.1, -0.05) is 72.8 Å². The molecule has 196 valence electrons. The molecule has 5 rings (SSSR count). The van der Waals surface area contributed by atoms with Crippen molar-refractivity contribution in [1.29, 1.82) is 0 Å². The highest BCUT2D eigenvalue weighted by Gasteiger charge is 2.42. The van der Waals surface area contributed by atoms with Gasteiger partial charge in [-0.15, -0.1) is 0 Å². The Morgan fingerprint density at radius 2 is 1.55 bits per heavy atom. The fourth-order valence-electron chi connectivity index (χ4n) is 4.84. The van der Waals surface area contributed by atoms with Gasteiger partial charge in [-0.3, -0.25) is 14.3 Å². The van der Waals surface area contributed by atoms with E-state index in [0.29, 0.717) is 5.75 Å². The smallest absolute Gasteiger partial charge is 0.330 e. The van der Waals surface area contributed by atoms with Crippen molar-refractivity contribution in [3.63, 3.8) is 0 Å². The molecule has 0 bridgehead atoms. The Morgan fingerprint density at radius 3 is 2.13 bits per heavy atom. The van der Waals surface area contributed by atoms with E-state index in [4.69, 9.17) is 14.2 Å². The molecule has 9 heteroatoms. The zero-order valence-corrected chi connectivity index (χ0v) is 20.6. The van der Waals surface area contributed by atoms with Gasteiger partial charge in [0.2, 0.25) is 5.82 Å². The van der Waals surface area contributed by atoms with Crippen molar-refractivity contribution < 1.29 is 23.7 Å². The molecule has 8 nitrogen and oxygen atoms in total. The Labute approximate surface area is 217 Å². The van der Waals surface area contributed by atoms with Crippen LogP contribution in [0.25, 0.3) is 0 Å². The highest BCUT2D eigenvalue weighted by atomic mass is 19.1. The number of aliphatic hydroxyl groups excluding tert-OH is 1. The number of hydrogen-bond donors (Lipinski definition) is 2. The zero-order chi connectivity index (χ0) is 26.7. The minimum absolute atomic E-state index is 0.0195. The molecule has 0 saturated carbocycles. The molecule has 1 aliphatic heterocycles. The van der Waals surface area contributed by atoms with Gasteiger partial charge < -0.3 is 19.3 Å². The number of methoxy groups -OCH3 is 1. The number of hydrogen-bond acceptors (Lipinski definition) is 6. The van der Waals surface area contributed by atoms with E-state index < -0.39 is 41.1 Å². The second-order valence-corrected chi connectivity index (χ2v) is 9.03. The second kappa shape index (κ2) is 10.7. The Balaban J connectivity index is 1.52. The molecular weight excluding hydrogens is 491 g/mol. The normalized spacial score (nSPS) is 19.4. The lowest BCUT2D eigenvalue weighted by molar-refractivity contribution is -0.0945. The lowest BCUT2D eigenvalue weighted by atomic mass is 9.80. The predicted molar refractivity (Wildman–Crippen MR) is 138 cm³/mol. The average Bonchev–Trinajstić information content (AvgIpc) is 3.32. The summed E-state index contributed by atoms with van der Waals surface area (Å²) >= 11 is 0. The van der Waals surface area contributed by atoms with Crippen LogP contribution in [0.3, 0.4) is 0 Å². The van der Waals surface area contributed by atoms with Gasteiger partial charge in [0, 0.05) is 6.42 Å². The van der Waals surface area contributed by atoms with Crippen molar-refractivity contribution in [2.75, 3.05) is 13.7 Å². The number of nitrogens with zero attached hydrogens (tertiary/aromatic N) is 1. The van der Waals surface area contributed by atoms with Crippen LogP contribution in [0.2, 0.25) is 0 Å². The molecule has 0 radical (unpaired) electrons. The molecule has 3 aromatic carbocycles. The topological polar surface area (TPSA) is 103 Å². The second-order valence-electron chi connectivity index (χ2n) is 9.03. The van der Waals surface area contributed by atoms with Crippen LogP contribution in [0.5, 0.6) is 5.75 Å². The molecular formula is C29H27FN2O6. The summed E-state index contributed by atoms with van der Waals surface area (Å²) in [7, 11) is 1.60. The third-order valence-electron chi connectivity index (χ3n) is 6.76. The standard InChI is InChI=1S/C29H27FN2O6/c1-36-22-14-12-21(13-15-22)29(19-8-4-2-5-9-19,20-10-6-3-7-11-20)37-18-25-24(33)16-26(38-25)32-17-23(30)27(34)31-28(32)35/h2-15,17,24-26,33H,16,18H2,1H3,(H,31,34,35)/t24-,25-,26-/m1/s1. The molecule has 0 spiro atoms. The van der Waals surface area contributed by atoms with Gasteiger partial charge in [0.25, 0.3) is 5.56 Å². The Hall–Kier alpha value is -4.05. The summed E-state index contributed by atoms with van der Waals surface area (Å²) in [5, 5.41) is 10.8. The van der Waals surface area contributed by atoms with Gasteiger partial charge in [0.15, 0.2) is 0 Å². The monoisotopic (exact) mass is 518 g/mol. The van der Waals surface area contributed by atoms with Gasteiger partial charge in [-0.05, 0) is 28.8 Å². The molecule has 0 aliphatic carbocycles. The zero-order valence-electron chi connectivity index (χ0n) is 20.6. The minimum atomic E-state index is -1.12. The number of halogens is 1. The fourth-order valence-corrected chi connectivity index (χ4v) is 4.84. The van der Waals surface area contributed by atoms with Crippen LogP contribution in [0.15, 0.2) is 101 Å². The van der Waals surface area contributed by atoms with Gasteiger partial charge >= 0.3 is 5.69 Å². The van der Waals surface area contributed by atoms with Crippen LogP contribution in [-0.4, -0.2) is 40.6 Å². The molecule has 2 heterocycles. The number of H-pyrrole nitrogens is 1. The lowest BCUT2D eigenvalue weighted by Crippen LogP contribution is -2.38. The molecule has 3 atom stereocenters. The first-order valence-electron chi connectivity index (χ1n) is 12.2. The van der Waals surface area contributed by atoms with E-state index in [1.807, 2.05) is 89.9 Å². The summed E-state index contributed by atoms with van der Waals surface area (Å²) in [5.74, 6) is -0.422. The van der Waals surface area contributed by atoms with Crippen LogP contribution in [0.4, 0.5) is 4.39 Å². The number of nitrogens with one attached hydrogen (secondary N) is 1. The van der Waals surface area contributed by atoms with Crippen molar-refractivity contribution in [2.24, 2.45) is 0 Å². The Morgan fingerprint density at radius 1 is 0.974 bits per heavy atom. The average molecular weight is 519 g/mol. The van der Waals surface area contributed by atoms with E-state index in [1.165, 1.54) is 0 Å². The third kappa shape index (κ3) is 4.79. The molecule has 1 fully saturated rings. The van der Waals surface area contributed by atoms with Crippen LogP contribution in [0.1, 0.15) is 29.3 Å². The number of aliphatic hydroxyl groups is 1. The summed E-state index contributed by atoms with van der Waals surface area (Å²) in [6.45, 7) is -0.0475. The molecule has 0 unspecified atom stereocenters. The van der Waals surface area contributed by atoms with Gasteiger partial charge in [0.05, 0.1) is 26.0 Å². The SMILES string of the molecule is COc1ccc(C(OC[C@H]2O[C@@H](n3cc(F)c(=O)[nH]c3=O)C[C@H]2O)(c2ccccc2)c2ccccc2)cc1. The number of aromatic nitrogens is 2. The van der Waals surface area contributed by atoms with Crippen LogP contribution >= 0.6 is 0 Å². The van der Waals surface area contributed by atoms with Gasteiger partial charge in [-0.25, -0.2) is 4.79 Å². The van der Waals surface area contributed by atoms with Crippen LogP contribution in [0, 0.1) is 5.82 Å². The quantitative estimate of drug-likeness (QED) is 0.347. The maximum absolute atomic E-state index is 13.9. The first kappa shape index (κ1) is 25.6. The number of ether oxygens (including phenoxy) is 3. The molecule has 1 saturated heterocycles. The summed E-state index contributed by atoms with van der Waals surface area (Å²) in [6.07, 6.45) is -1.99. The van der Waals surface area contributed by atoms with Crippen LogP contribution < -0.4 is 16.0 Å². The summed E-state index contributed by atoms with van der Waals surface area (Å²) in [5.41, 5.74) is -0.454. The lowest BCUT2D eigenvalue weighted by Gasteiger charge is -2.37. The molecule has 38 heavy (non-hydrogen) atoms. The summed E-state index contributed by atoms with van der Waals surface area (Å²) in [4.78, 5) is 25.6. The maximum atomic E-state index is 13.9. The highest BCUT2D eigenvalue weighted by Crippen LogP contribution is 2.42. The number of aromatic amines is 1. The van der Waals surface area contributed by atoms with E-state index in [2.05, 4.69) is 0 Å². The first-order valence-corrected chi connectivity index (χ1v) is 12.2.